The van der Waals surface area contributed by atoms with E-state index in [9.17, 15) is 18.0 Å². The van der Waals surface area contributed by atoms with E-state index >= 15 is 0 Å². The number of alkyl halides is 2. The molecule has 4 N–H and O–H groups in total. The van der Waals surface area contributed by atoms with Crippen LogP contribution >= 0.6 is 0 Å². The largest absolute Gasteiger partial charge is 0.434 e. The summed E-state index contributed by atoms with van der Waals surface area (Å²) in [6, 6.07) is 9.45. The van der Waals surface area contributed by atoms with Gasteiger partial charge in [-0.2, -0.15) is 13.9 Å². The number of amides is 1. The van der Waals surface area contributed by atoms with Crippen LogP contribution in [0.3, 0.4) is 0 Å². The van der Waals surface area contributed by atoms with Crippen LogP contribution in [-0.2, 0) is 0 Å². The topological polar surface area (TPSA) is 141 Å². The smallest absolute Gasteiger partial charge is 0.387 e. The summed E-state index contributed by atoms with van der Waals surface area (Å²) in [6.07, 6.45) is 4.10. The van der Waals surface area contributed by atoms with Crippen LogP contribution in [0.4, 0.5) is 13.2 Å². The van der Waals surface area contributed by atoms with E-state index < -0.39 is 30.9 Å². The molecule has 0 saturated carbocycles. The Morgan fingerprint density at radius 1 is 1.09 bits per heavy atom. The molecule has 3 aromatic heterocycles. The van der Waals surface area contributed by atoms with Crippen LogP contribution in [0, 0.1) is 5.82 Å². The molecule has 3 unspecified atom stereocenters. The number of nitrogens with zero attached hydrogens (tertiary/aromatic N) is 4. The van der Waals surface area contributed by atoms with Crippen LogP contribution in [0.25, 0.3) is 16.6 Å². The van der Waals surface area contributed by atoms with Crippen molar-refractivity contribution in [2.45, 2.75) is 70.7 Å². The number of carbonyl (C=O) groups is 1. The lowest BCUT2D eigenvalue weighted by atomic mass is 9.88. The average Bonchev–Trinajstić information content (AvgIpc) is 3.50. The summed E-state index contributed by atoms with van der Waals surface area (Å²) in [5.74, 6) is -3.79. The maximum Gasteiger partial charge on any atom is 0.387 e. The van der Waals surface area contributed by atoms with Gasteiger partial charge >= 0.3 is 6.61 Å². The van der Waals surface area contributed by atoms with Crippen molar-refractivity contribution < 1.29 is 43.1 Å². The molecule has 13 heteroatoms. The molecule has 2 aliphatic rings. The first-order chi connectivity index (χ1) is 20.9. The van der Waals surface area contributed by atoms with Gasteiger partial charge in [0.05, 0.1) is 36.0 Å². The normalized spacial score (nSPS) is 17.6. The summed E-state index contributed by atoms with van der Waals surface area (Å²) in [5.41, 5.74) is 4.50. The Bertz CT molecular complexity index is 1620. The van der Waals surface area contributed by atoms with Crippen molar-refractivity contribution in [3.05, 3.63) is 83.2 Å². The van der Waals surface area contributed by atoms with Gasteiger partial charge in [-0.15, -0.1) is 0 Å². The number of hydrogen-bond donors (Lipinski definition) is 4. The Kier molecular flexibility index (Phi) is 9.94. The lowest BCUT2D eigenvalue weighted by Gasteiger charge is -2.23. The van der Waals surface area contributed by atoms with Gasteiger partial charge in [0.15, 0.2) is 0 Å². The molecule has 0 radical (unpaired) electrons. The fraction of sp³-hybridized carbons (Fsp3) is 0.387. The first-order valence-corrected chi connectivity index (χ1v) is 14.2. The fourth-order valence-electron chi connectivity index (χ4n) is 5.57. The second-order valence-electron chi connectivity index (χ2n) is 10.3. The van der Waals surface area contributed by atoms with E-state index in [1.165, 1.54) is 12.1 Å². The third kappa shape index (κ3) is 6.70. The van der Waals surface area contributed by atoms with E-state index in [4.69, 9.17) is 30.3 Å². The Morgan fingerprint density at radius 3 is 2.43 bits per heavy atom. The van der Waals surface area contributed by atoms with Crippen LogP contribution in [0.1, 0.15) is 79.2 Å². The van der Waals surface area contributed by atoms with Crippen LogP contribution in [0.5, 0.6) is 5.75 Å². The summed E-state index contributed by atoms with van der Waals surface area (Å²) < 4.78 is 46.7. The average molecular weight is 617 g/mol. The lowest BCUT2D eigenvalue weighted by Crippen LogP contribution is -2.32. The van der Waals surface area contributed by atoms with E-state index in [1.807, 2.05) is 26.0 Å². The minimum Gasteiger partial charge on any atom is -0.434 e. The maximum atomic E-state index is 13.7. The van der Waals surface area contributed by atoms with Gasteiger partial charge < -0.3 is 30.1 Å². The SMILES string of the molecule is CC.CCC(O)CC(O)(O)O.CN1C(=O)c2cccc(OC(F)F)c2C2CC1c1nn3ccc(-c4cncc(F)c4)cc3c12. The zero-order valence-corrected chi connectivity index (χ0v) is 24.7. The molecule has 1 aromatic carbocycles. The molecule has 4 heterocycles. The summed E-state index contributed by atoms with van der Waals surface area (Å²) in [4.78, 5) is 18.7. The Balaban J connectivity index is 0.000000348. The molecule has 1 aliphatic carbocycles. The van der Waals surface area contributed by atoms with Crippen molar-refractivity contribution in [2.24, 2.45) is 0 Å². The summed E-state index contributed by atoms with van der Waals surface area (Å²) >= 11 is 0. The predicted octanol–water partition coefficient (Wildman–Crippen LogP) is 4.60. The molecular formula is C31H35F3N4O6. The highest BCUT2D eigenvalue weighted by Gasteiger charge is 2.46. The Labute approximate surface area is 252 Å². The quantitative estimate of drug-likeness (QED) is 0.231. The second-order valence-corrected chi connectivity index (χ2v) is 10.3. The summed E-state index contributed by atoms with van der Waals surface area (Å²) in [7, 11) is 1.70. The molecule has 0 saturated heterocycles. The molecule has 1 aliphatic heterocycles. The Morgan fingerprint density at radius 2 is 1.82 bits per heavy atom. The number of aromatic nitrogens is 3. The first kappa shape index (κ1) is 32.9. The van der Waals surface area contributed by atoms with E-state index in [1.54, 1.807) is 47.9 Å². The maximum absolute atomic E-state index is 13.7. The van der Waals surface area contributed by atoms with Gasteiger partial charge in [0, 0.05) is 47.6 Å². The lowest BCUT2D eigenvalue weighted by molar-refractivity contribution is -0.322. The molecule has 10 nitrogen and oxygen atoms in total. The van der Waals surface area contributed by atoms with Crippen LogP contribution < -0.4 is 4.74 Å². The molecule has 2 bridgehead atoms. The standard InChI is InChI=1S/C24H17F3N4O2.C5H12O4.C2H6/c1-30-18-9-16(20-15(23(30)32)3-2-4-19(20)33-24(26)27)21-17-8-12(5-6-31(17)29-22(18)21)13-7-14(25)11-28-10-13;1-2-4(6)3-5(7,8)9;1-2/h2-8,10-11,16,18,24H,9H2,1H3;4,6-9H,2-3H2,1H3;1-2H3. The number of pyridine rings is 2. The minimum atomic E-state index is -3.01. The van der Waals surface area contributed by atoms with E-state index in [0.717, 1.165) is 28.5 Å². The highest BCUT2D eigenvalue weighted by molar-refractivity contribution is 5.98. The zero-order valence-electron chi connectivity index (χ0n) is 24.7. The van der Waals surface area contributed by atoms with Crippen LogP contribution in [0.15, 0.2) is 55.0 Å². The summed E-state index contributed by atoms with van der Waals surface area (Å²) in [6.45, 7) is 2.66. The van der Waals surface area contributed by atoms with Crippen molar-refractivity contribution in [3.8, 4) is 16.9 Å². The van der Waals surface area contributed by atoms with Crippen molar-refractivity contribution in [1.82, 2.24) is 19.5 Å². The molecule has 44 heavy (non-hydrogen) atoms. The van der Waals surface area contributed by atoms with Gasteiger partial charge in [0.1, 0.15) is 11.6 Å². The van der Waals surface area contributed by atoms with Crippen molar-refractivity contribution in [1.29, 1.82) is 0 Å². The Hall–Kier alpha value is -4.04. The molecular weight excluding hydrogens is 581 g/mol. The third-order valence-corrected chi connectivity index (χ3v) is 7.49. The number of rotatable bonds is 6. The molecule has 3 atom stereocenters. The van der Waals surface area contributed by atoms with Gasteiger partial charge in [-0.3, -0.25) is 9.78 Å². The highest BCUT2D eigenvalue weighted by Crippen LogP contribution is 2.53. The predicted molar refractivity (Wildman–Crippen MR) is 154 cm³/mol. The van der Waals surface area contributed by atoms with Crippen molar-refractivity contribution >= 4 is 11.4 Å². The molecule has 6 rings (SSSR count). The molecule has 0 spiro atoms. The van der Waals surface area contributed by atoms with Crippen molar-refractivity contribution in [2.75, 3.05) is 7.05 Å². The molecule has 4 aromatic rings. The third-order valence-electron chi connectivity index (χ3n) is 7.49. The number of ether oxygens (including phenoxy) is 1. The number of halogens is 3. The van der Waals surface area contributed by atoms with Crippen molar-refractivity contribution in [3.63, 3.8) is 0 Å². The minimum absolute atomic E-state index is 0.00687. The van der Waals surface area contributed by atoms with E-state index in [2.05, 4.69) is 4.98 Å². The number of carbonyl (C=O) groups excluding carboxylic acids is 1. The number of benzene rings is 1. The van der Waals surface area contributed by atoms with Gasteiger partial charge in [0.25, 0.3) is 11.9 Å². The number of fused-ring (bicyclic) bond motifs is 9. The molecule has 236 valence electrons. The van der Waals surface area contributed by atoms with Gasteiger partial charge in [0.2, 0.25) is 0 Å². The van der Waals surface area contributed by atoms with E-state index in [-0.39, 0.29) is 23.6 Å². The summed E-state index contributed by atoms with van der Waals surface area (Å²) in [5, 5.41) is 38.2. The van der Waals surface area contributed by atoms with Gasteiger partial charge in [-0.1, -0.05) is 26.8 Å². The molecule has 1 amide bonds. The zero-order chi connectivity index (χ0) is 32.3. The van der Waals surface area contributed by atoms with E-state index in [0.29, 0.717) is 29.5 Å². The monoisotopic (exact) mass is 616 g/mol. The highest BCUT2D eigenvalue weighted by atomic mass is 19.3. The second kappa shape index (κ2) is 13.3. The van der Waals surface area contributed by atoms with Gasteiger partial charge in [-0.05, 0) is 48.7 Å². The van der Waals surface area contributed by atoms with Gasteiger partial charge in [-0.25, -0.2) is 8.91 Å². The number of hydrogen-bond acceptors (Lipinski definition) is 8. The fourth-order valence-corrected chi connectivity index (χ4v) is 5.57. The van der Waals surface area contributed by atoms with Crippen LogP contribution in [0.2, 0.25) is 0 Å². The first-order valence-electron chi connectivity index (χ1n) is 14.2. The van der Waals surface area contributed by atoms with Crippen LogP contribution in [-0.4, -0.2) is 71.6 Å². The number of aliphatic hydroxyl groups is 4. The number of aliphatic hydroxyl groups excluding tert-OH is 1. The molecule has 0 fully saturated rings.